The Balaban J connectivity index is 2.37. The molecule has 9 nitrogen and oxygen atoms in total. The number of aliphatic hydroxyl groups is 3. The summed E-state index contributed by atoms with van der Waals surface area (Å²) in [6, 6.07) is 0. The molecule has 0 radical (unpaired) electrons. The molecule has 20 heavy (non-hydrogen) atoms. The van der Waals surface area contributed by atoms with Crippen LogP contribution < -0.4 is 11.5 Å². The lowest BCUT2D eigenvalue weighted by Crippen LogP contribution is -2.33. The van der Waals surface area contributed by atoms with Gasteiger partial charge in [0.25, 0.3) is 0 Å². The zero-order valence-electron chi connectivity index (χ0n) is 10.1. The van der Waals surface area contributed by atoms with Crippen molar-refractivity contribution in [2.75, 3.05) is 6.61 Å². The molecule has 2 rings (SSSR count). The second-order valence-electron chi connectivity index (χ2n) is 4.17. The Hall–Kier alpha value is -1.24. The molecule has 1 unspecified atom stereocenters. The van der Waals surface area contributed by atoms with Gasteiger partial charge in [0.1, 0.15) is 39.7 Å². The molecular weight excluding hydrogens is 306 g/mol. The first-order valence-corrected chi connectivity index (χ1v) is 6.37. The van der Waals surface area contributed by atoms with Gasteiger partial charge < -0.3 is 31.5 Å². The van der Waals surface area contributed by atoms with E-state index in [0.29, 0.717) is 0 Å². The molecule has 0 bridgehead atoms. The highest BCUT2D eigenvalue weighted by molar-refractivity contribution is 7.81. The molecule has 1 aliphatic heterocycles. The van der Waals surface area contributed by atoms with Crippen LogP contribution in [0.5, 0.6) is 0 Å². The summed E-state index contributed by atoms with van der Waals surface area (Å²) in [4.78, 5) is 0.851. The number of aliphatic hydroxyl groups excluding tert-OH is 3. The first-order chi connectivity index (χ1) is 9.36. The van der Waals surface area contributed by atoms with E-state index in [1.807, 2.05) is 0 Å². The normalized spacial score (nSPS) is 29.6. The predicted octanol–water partition coefficient (Wildman–Crippen LogP) is -2.84. The zero-order chi connectivity index (χ0) is 15.0. The van der Waals surface area contributed by atoms with Crippen LogP contribution in [0.4, 0.5) is 0 Å². The Labute approximate surface area is 124 Å². The third-order valence-corrected chi connectivity index (χ3v) is 3.23. The van der Waals surface area contributed by atoms with Crippen molar-refractivity contribution >= 4 is 34.4 Å². The first-order valence-electron chi connectivity index (χ1n) is 5.55. The van der Waals surface area contributed by atoms with Gasteiger partial charge in [-0.05, 0) is 0 Å². The van der Waals surface area contributed by atoms with Crippen molar-refractivity contribution in [1.82, 2.24) is 15.0 Å². The molecule has 110 valence electrons. The van der Waals surface area contributed by atoms with Gasteiger partial charge in [-0.25, -0.2) is 0 Å². The molecule has 1 saturated heterocycles. The quantitative estimate of drug-likeness (QED) is 0.367. The number of nitrogens with zero attached hydrogens (tertiary/aromatic N) is 3. The van der Waals surface area contributed by atoms with Crippen molar-refractivity contribution in [3.63, 3.8) is 0 Å². The number of nitrogens with two attached hydrogens (primary N) is 2. The van der Waals surface area contributed by atoms with E-state index in [1.54, 1.807) is 0 Å². The molecule has 11 heteroatoms. The average Bonchev–Trinajstić information content (AvgIpc) is 2.93. The standard InChI is InChI=1S/C9H13N5O4S2/c10-7(19)3-4(8(11)20)13-14(12-3)9-6(17)5(16)2(1-15)18-9/h2,5-6,9,15-17H,1H2,(H2,10,19)(H2,11,20)/t2-,5-,6-,9?/m1/s1. The van der Waals surface area contributed by atoms with E-state index in [0.717, 1.165) is 4.80 Å². The third-order valence-electron chi connectivity index (χ3n) is 2.84. The second-order valence-corrected chi connectivity index (χ2v) is 5.05. The fourth-order valence-corrected chi connectivity index (χ4v) is 2.11. The lowest BCUT2D eigenvalue weighted by Gasteiger charge is -2.13. The van der Waals surface area contributed by atoms with E-state index in [-0.39, 0.29) is 21.4 Å². The van der Waals surface area contributed by atoms with Gasteiger partial charge in [-0.1, -0.05) is 24.4 Å². The van der Waals surface area contributed by atoms with Crippen molar-refractivity contribution in [3.05, 3.63) is 11.4 Å². The van der Waals surface area contributed by atoms with Gasteiger partial charge in [0.2, 0.25) is 0 Å². The molecule has 0 saturated carbocycles. The lowest BCUT2D eigenvalue weighted by molar-refractivity contribution is -0.0655. The summed E-state index contributed by atoms with van der Waals surface area (Å²) in [5.41, 5.74) is 11.2. The minimum absolute atomic E-state index is 0.0641. The van der Waals surface area contributed by atoms with Crippen molar-refractivity contribution in [3.8, 4) is 0 Å². The monoisotopic (exact) mass is 319 g/mol. The zero-order valence-corrected chi connectivity index (χ0v) is 11.7. The van der Waals surface area contributed by atoms with E-state index in [9.17, 15) is 10.2 Å². The van der Waals surface area contributed by atoms with Gasteiger partial charge in [0, 0.05) is 0 Å². The highest BCUT2D eigenvalue weighted by atomic mass is 32.1. The maximum absolute atomic E-state index is 9.87. The van der Waals surface area contributed by atoms with Crippen LogP contribution in [0.15, 0.2) is 0 Å². The molecule has 1 aromatic rings. The highest BCUT2D eigenvalue weighted by Gasteiger charge is 2.44. The van der Waals surface area contributed by atoms with Crippen LogP contribution in [0.1, 0.15) is 17.6 Å². The topological polar surface area (TPSA) is 153 Å². The Morgan fingerprint density at radius 1 is 1.15 bits per heavy atom. The summed E-state index contributed by atoms with van der Waals surface area (Å²) in [7, 11) is 0. The number of rotatable bonds is 4. The molecule has 1 aromatic heterocycles. The van der Waals surface area contributed by atoms with Crippen molar-refractivity contribution < 1.29 is 20.1 Å². The SMILES string of the molecule is NC(=S)c1nn(C2O[C@H](CO)[C@@H](O)[C@H]2O)nc1C(N)=S. The fraction of sp³-hybridized carbons (Fsp3) is 0.556. The van der Waals surface area contributed by atoms with Gasteiger partial charge in [0.15, 0.2) is 6.23 Å². The van der Waals surface area contributed by atoms with Crippen LogP contribution in [0.25, 0.3) is 0 Å². The summed E-state index contributed by atoms with van der Waals surface area (Å²) in [5, 5.41) is 36.5. The molecule has 7 N–H and O–H groups in total. The summed E-state index contributed by atoms with van der Waals surface area (Å²) in [6.07, 6.45) is -4.63. The van der Waals surface area contributed by atoms with Crippen LogP contribution in [0.3, 0.4) is 0 Å². The summed E-state index contributed by atoms with van der Waals surface area (Å²) >= 11 is 9.62. The molecule has 0 aromatic carbocycles. The molecular formula is C9H13N5O4S2. The van der Waals surface area contributed by atoms with E-state index in [2.05, 4.69) is 10.2 Å². The maximum atomic E-state index is 9.87. The first kappa shape index (κ1) is 15.2. The largest absolute Gasteiger partial charge is 0.394 e. The fourth-order valence-electron chi connectivity index (χ4n) is 1.84. The second kappa shape index (κ2) is 5.63. The van der Waals surface area contributed by atoms with Gasteiger partial charge >= 0.3 is 0 Å². The third kappa shape index (κ3) is 2.51. The molecule has 1 aliphatic rings. The van der Waals surface area contributed by atoms with Crippen LogP contribution in [0.2, 0.25) is 0 Å². The van der Waals surface area contributed by atoms with Crippen molar-refractivity contribution in [1.29, 1.82) is 0 Å². The van der Waals surface area contributed by atoms with Crippen molar-refractivity contribution in [2.45, 2.75) is 24.5 Å². The summed E-state index contributed by atoms with van der Waals surface area (Å²) < 4.78 is 5.27. The average molecular weight is 319 g/mol. The Kier molecular flexibility index (Phi) is 4.27. The number of ether oxygens (including phenoxy) is 1. The Morgan fingerprint density at radius 2 is 1.65 bits per heavy atom. The van der Waals surface area contributed by atoms with E-state index >= 15 is 0 Å². The van der Waals surface area contributed by atoms with Gasteiger partial charge in [-0.2, -0.15) is 4.80 Å². The van der Waals surface area contributed by atoms with Gasteiger partial charge in [-0.15, -0.1) is 10.2 Å². The molecule has 1 fully saturated rings. The maximum Gasteiger partial charge on any atom is 0.198 e. The molecule has 0 aliphatic carbocycles. The van der Waals surface area contributed by atoms with Crippen LogP contribution >= 0.6 is 24.4 Å². The molecule has 0 amide bonds. The summed E-state index contributed by atoms with van der Waals surface area (Å²) in [5.74, 6) is 0. The molecule has 4 atom stereocenters. The van der Waals surface area contributed by atoms with Gasteiger partial charge in [-0.3, -0.25) is 0 Å². The molecule has 0 spiro atoms. The Morgan fingerprint density at radius 3 is 2.00 bits per heavy atom. The number of thiocarbonyl (C=S) groups is 2. The number of hydrogen-bond acceptors (Lipinski definition) is 8. The van der Waals surface area contributed by atoms with E-state index in [4.69, 9.17) is 45.7 Å². The Bertz CT molecular complexity index is 519. The number of hydrogen-bond donors (Lipinski definition) is 5. The smallest absolute Gasteiger partial charge is 0.198 e. The highest BCUT2D eigenvalue weighted by Crippen LogP contribution is 2.28. The molecule has 2 heterocycles. The predicted molar refractivity (Wildman–Crippen MR) is 74.8 cm³/mol. The minimum atomic E-state index is -1.32. The van der Waals surface area contributed by atoms with E-state index in [1.165, 1.54) is 0 Å². The van der Waals surface area contributed by atoms with Crippen molar-refractivity contribution in [2.24, 2.45) is 11.5 Å². The number of aromatic nitrogens is 3. The van der Waals surface area contributed by atoms with Crippen LogP contribution in [-0.4, -0.2) is 65.2 Å². The van der Waals surface area contributed by atoms with E-state index < -0.39 is 31.1 Å². The van der Waals surface area contributed by atoms with Gasteiger partial charge in [0.05, 0.1) is 6.61 Å². The van der Waals surface area contributed by atoms with Crippen LogP contribution in [-0.2, 0) is 4.74 Å². The summed E-state index contributed by atoms with van der Waals surface area (Å²) in [6.45, 7) is -0.458. The minimum Gasteiger partial charge on any atom is -0.394 e. The van der Waals surface area contributed by atoms with Crippen LogP contribution in [0, 0.1) is 0 Å². The lowest BCUT2D eigenvalue weighted by atomic mass is 10.1.